The van der Waals surface area contributed by atoms with Crippen LogP contribution in [0, 0.1) is 0 Å². The summed E-state index contributed by atoms with van der Waals surface area (Å²) in [5, 5.41) is 26.8. The molecule has 0 unspecified atom stereocenters. The Morgan fingerprint density at radius 2 is 0.783 bits per heavy atom. The molecule has 1 rings (SSSR count). The number of rotatable bonds is 24. The minimum Gasteiger partial charge on any atom is -0.465 e. The maximum absolute atomic E-state index is 12.2. The Kier molecular flexibility index (Phi) is 22.8. The Morgan fingerprint density at radius 3 is 1.05 bits per heavy atom. The number of hydrogen-bond acceptors (Lipinski definition) is 8. The lowest BCUT2D eigenvalue weighted by Gasteiger charge is -2.35. The van der Waals surface area contributed by atoms with Crippen molar-refractivity contribution in [3.05, 3.63) is 34.4 Å². The first kappa shape index (κ1) is 54.2. The van der Waals surface area contributed by atoms with E-state index in [2.05, 4.69) is 64.3 Å². The predicted molar refractivity (Wildman–Crippen MR) is 241 cm³/mol. The fourth-order valence-electron chi connectivity index (χ4n) is 7.02. The summed E-state index contributed by atoms with van der Waals surface area (Å²) in [6.07, 6.45) is 3.34. The molecule has 0 fully saturated rings. The minimum absolute atomic E-state index is 0.0925. The Labute approximate surface area is 363 Å². The quantitative estimate of drug-likeness (QED) is 0.0738. The van der Waals surface area contributed by atoms with Gasteiger partial charge in [-0.15, -0.1) is 0 Å². The molecule has 4 N–H and O–H groups in total. The largest absolute Gasteiger partial charge is 0.465 e. The Balaban J connectivity index is 2.67. The van der Waals surface area contributed by atoms with Crippen molar-refractivity contribution in [3.8, 4) is 0 Å². The van der Waals surface area contributed by atoms with Crippen LogP contribution in [0.5, 0.6) is 0 Å². The summed E-state index contributed by atoms with van der Waals surface area (Å²) in [6.45, 7) is 30.4. The maximum Gasteiger partial charge on any atom is 0.410 e. The third kappa shape index (κ3) is 22.2. The van der Waals surface area contributed by atoms with E-state index in [0.29, 0.717) is 65.0 Å². The van der Waals surface area contributed by atoms with Crippen molar-refractivity contribution < 1.29 is 38.9 Å². The molecule has 14 heteroatoms. The van der Waals surface area contributed by atoms with Crippen LogP contribution in [0.25, 0.3) is 0 Å². The molecule has 0 aliphatic heterocycles. The Morgan fingerprint density at radius 1 is 0.500 bits per heavy atom. The highest BCUT2D eigenvalue weighted by molar-refractivity contribution is 5.68. The van der Waals surface area contributed by atoms with Gasteiger partial charge in [0, 0.05) is 66.5 Å². The second kappa shape index (κ2) is 25.2. The van der Waals surface area contributed by atoms with Crippen LogP contribution >= 0.6 is 0 Å². The van der Waals surface area contributed by atoms with Gasteiger partial charge in [0.05, 0.1) is 0 Å². The molecule has 1 aromatic carbocycles. The molecule has 0 bridgehead atoms. The van der Waals surface area contributed by atoms with Crippen molar-refractivity contribution in [2.75, 3.05) is 66.5 Å². The highest BCUT2D eigenvalue weighted by Gasteiger charge is 2.30. The SMILES string of the molecule is CN(CCCCN(CCCCNCc1ccc(CNCCCCN(CCCCN(C)C(=O)OC(C)(C)C)C(=O)O)c(C(C)(C)C)c1C(C)(C)C)C(=O)O)C(=O)OC(C)(C)C. The van der Waals surface area contributed by atoms with Gasteiger partial charge in [0.2, 0.25) is 0 Å². The van der Waals surface area contributed by atoms with Crippen molar-refractivity contribution in [2.45, 2.75) is 170 Å². The van der Waals surface area contributed by atoms with Crippen LogP contribution in [0.2, 0.25) is 0 Å². The lowest BCUT2D eigenvalue weighted by atomic mass is 9.71. The maximum atomic E-state index is 12.2. The minimum atomic E-state index is -0.919. The molecule has 0 heterocycles. The molecule has 1 aromatic rings. The van der Waals surface area contributed by atoms with Gasteiger partial charge >= 0.3 is 24.4 Å². The normalized spacial score (nSPS) is 12.2. The highest BCUT2D eigenvalue weighted by Crippen LogP contribution is 2.38. The summed E-state index contributed by atoms with van der Waals surface area (Å²) < 4.78 is 10.8. The molecule has 0 aromatic heterocycles. The van der Waals surface area contributed by atoms with E-state index < -0.39 is 23.4 Å². The van der Waals surface area contributed by atoms with Gasteiger partial charge in [0.1, 0.15) is 11.2 Å². The summed E-state index contributed by atoms with van der Waals surface area (Å²) in [5.41, 5.74) is 3.95. The van der Waals surface area contributed by atoms with Gasteiger partial charge < -0.3 is 49.9 Å². The van der Waals surface area contributed by atoms with Crippen LogP contribution in [-0.2, 0) is 33.4 Å². The van der Waals surface area contributed by atoms with Crippen molar-refractivity contribution >= 4 is 24.4 Å². The number of unbranched alkanes of at least 4 members (excludes halogenated alkanes) is 4. The van der Waals surface area contributed by atoms with E-state index in [-0.39, 0.29) is 23.0 Å². The first-order valence-corrected chi connectivity index (χ1v) is 22.0. The average molecular weight is 849 g/mol. The van der Waals surface area contributed by atoms with Crippen molar-refractivity contribution in [1.82, 2.24) is 30.2 Å². The van der Waals surface area contributed by atoms with Crippen LogP contribution < -0.4 is 10.6 Å². The van der Waals surface area contributed by atoms with Gasteiger partial charge in [-0.1, -0.05) is 53.7 Å². The summed E-state index contributed by atoms with van der Waals surface area (Å²) in [5.74, 6) is 0. The molecular weight excluding hydrogens is 765 g/mol. The monoisotopic (exact) mass is 849 g/mol. The van der Waals surface area contributed by atoms with E-state index in [1.807, 2.05) is 41.5 Å². The molecule has 0 saturated heterocycles. The fraction of sp³-hybridized carbons (Fsp3) is 0.783. The number of benzene rings is 1. The van der Waals surface area contributed by atoms with Gasteiger partial charge in [-0.05, 0) is 139 Å². The number of amides is 4. The molecule has 0 atom stereocenters. The highest BCUT2D eigenvalue weighted by atomic mass is 16.6. The first-order valence-electron chi connectivity index (χ1n) is 22.0. The number of nitrogens with zero attached hydrogens (tertiary/aromatic N) is 4. The molecule has 4 amide bonds. The van der Waals surface area contributed by atoms with Crippen LogP contribution in [0.15, 0.2) is 12.1 Å². The number of carboxylic acid groups (broad SMARTS) is 2. The summed E-state index contributed by atoms with van der Waals surface area (Å²) in [7, 11) is 3.40. The molecule has 346 valence electrons. The second-order valence-electron chi connectivity index (χ2n) is 20.2. The van der Waals surface area contributed by atoms with E-state index in [0.717, 1.165) is 51.9 Å². The molecule has 14 nitrogen and oxygen atoms in total. The van der Waals surface area contributed by atoms with Gasteiger partial charge in [0.25, 0.3) is 0 Å². The van der Waals surface area contributed by atoms with Crippen LogP contribution in [0.4, 0.5) is 19.2 Å². The number of carbonyl (C=O) groups is 4. The van der Waals surface area contributed by atoms with Crippen molar-refractivity contribution in [1.29, 1.82) is 0 Å². The molecule has 0 radical (unpaired) electrons. The lowest BCUT2D eigenvalue weighted by molar-refractivity contribution is 0.0285. The summed E-state index contributed by atoms with van der Waals surface area (Å²) in [4.78, 5) is 54.2. The Bertz CT molecular complexity index is 1370. The Hall–Kier alpha value is -3.78. The van der Waals surface area contributed by atoms with Crippen LogP contribution in [0.1, 0.15) is 157 Å². The first-order chi connectivity index (χ1) is 27.6. The van der Waals surface area contributed by atoms with Gasteiger partial charge in [0.15, 0.2) is 0 Å². The molecule has 0 aliphatic carbocycles. The predicted octanol–water partition coefficient (Wildman–Crippen LogP) is 9.28. The van der Waals surface area contributed by atoms with Crippen LogP contribution in [0.3, 0.4) is 0 Å². The third-order valence-corrected chi connectivity index (χ3v) is 9.87. The van der Waals surface area contributed by atoms with E-state index in [4.69, 9.17) is 9.47 Å². The van der Waals surface area contributed by atoms with Crippen molar-refractivity contribution in [3.63, 3.8) is 0 Å². The molecule has 60 heavy (non-hydrogen) atoms. The number of nitrogens with one attached hydrogen (secondary N) is 2. The molecule has 0 aliphatic rings. The molecular formula is C46H84N6O8. The van der Waals surface area contributed by atoms with E-state index in [1.165, 1.54) is 41.9 Å². The number of hydrogen-bond donors (Lipinski definition) is 4. The van der Waals surface area contributed by atoms with E-state index in [1.54, 1.807) is 14.1 Å². The smallest absolute Gasteiger partial charge is 0.410 e. The lowest BCUT2D eigenvalue weighted by Crippen LogP contribution is -2.35. The summed E-state index contributed by atoms with van der Waals surface area (Å²) in [6, 6.07) is 4.48. The molecule has 0 spiro atoms. The van der Waals surface area contributed by atoms with Crippen LogP contribution in [-0.4, -0.2) is 132 Å². The van der Waals surface area contributed by atoms with Gasteiger partial charge in [-0.3, -0.25) is 0 Å². The summed E-state index contributed by atoms with van der Waals surface area (Å²) >= 11 is 0. The zero-order chi connectivity index (χ0) is 45.9. The van der Waals surface area contributed by atoms with Gasteiger partial charge in [-0.25, -0.2) is 19.2 Å². The van der Waals surface area contributed by atoms with Crippen molar-refractivity contribution in [2.24, 2.45) is 0 Å². The second-order valence-corrected chi connectivity index (χ2v) is 20.2. The fourth-order valence-corrected chi connectivity index (χ4v) is 7.02. The zero-order valence-electron chi connectivity index (χ0n) is 40.0. The van der Waals surface area contributed by atoms with Gasteiger partial charge in [-0.2, -0.15) is 0 Å². The van der Waals surface area contributed by atoms with E-state index in [9.17, 15) is 29.4 Å². The zero-order valence-corrected chi connectivity index (χ0v) is 40.0. The third-order valence-electron chi connectivity index (χ3n) is 9.87. The number of carbonyl (C=O) groups excluding carboxylic acids is 2. The average Bonchev–Trinajstić information content (AvgIpc) is 3.09. The van der Waals surface area contributed by atoms with E-state index >= 15 is 0 Å². The topological polar surface area (TPSA) is 164 Å². The number of ether oxygens (including phenoxy) is 2. The standard InChI is InChI=1S/C46H84N6O8/c1-43(2,3)37-35(33-47-25-15-17-29-51(39(53)54)31-21-19-27-49(13)41(57)59-45(7,8)9)23-24-36(38(37)44(4,5)6)34-48-26-16-18-30-52(40(55)56)32-22-20-28-50(14)42(58)60-46(10,11)12/h23-24,47-48H,15-22,25-34H2,1-14H3,(H,53,54)(H,55,56). The molecule has 0 saturated carbocycles.